The molecule has 4 nitrogen and oxygen atoms in total. The number of pyridine rings is 1. The lowest BCUT2D eigenvalue weighted by molar-refractivity contribution is 0.466. The van der Waals surface area contributed by atoms with E-state index in [0.29, 0.717) is 28.6 Å². The number of aromatic nitrogens is 3. The quantitative estimate of drug-likeness (QED) is 0.158. The monoisotopic (exact) mass is 790 g/mol. The van der Waals surface area contributed by atoms with Crippen molar-refractivity contribution in [2.75, 3.05) is 0 Å². The van der Waals surface area contributed by atoms with Gasteiger partial charge in [-0.15, -0.1) is 0 Å². The Morgan fingerprint density at radius 1 is 0.583 bits per heavy atom. The van der Waals surface area contributed by atoms with Crippen molar-refractivity contribution in [2.45, 2.75) is 92.3 Å². The Balaban J connectivity index is 1.39. The molecule has 0 saturated heterocycles. The molecule has 0 radical (unpaired) electrons. The Labute approximate surface area is 360 Å². The number of aryl methyl sites for hydroxylation is 1. The molecule has 0 spiro atoms. The number of hydrogen-bond acceptors (Lipinski definition) is 3. The van der Waals surface area contributed by atoms with Crippen LogP contribution in [0.1, 0.15) is 112 Å². The molecule has 0 unspecified atom stereocenters. The maximum Gasteiger partial charge on any atom is 0.149 e. The standard InChI is InChI=1S/C56H57N3O/c1-34(2)38-19-21-39(22-20-38)41-25-26-57-51(33-41)44-28-43(29-45(30-44)56(8,9)10)48-17-14-18-52-53(48)58-55(50-32-42(35(3)4)31-49(36(5)6)54(50)60)59(52)46-23-24-47(37(7)27-46)40-15-12-11-13-16-40/h11-36,60H,1-10H3/i7D3. The van der Waals surface area contributed by atoms with E-state index in [9.17, 15) is 5.11 Å². The number of rotatable bonds is 9. The van der Waals surface area contributed by atoms with E-state index in [0.717, 1.165) is 66.8 Å². The van der Waals surface area contributed by atoms with Gasteiger partial charge in [0, 0.05) is 27.1 Å². The summed E-state index contributed by atoms with van der Waals surface area (Å²) in [6, 6.07) is 45.3. The van der Waals surface area contributed by atoms with E-state index in [4.69, 9.17) is 14.1 Å². The summed E-state index contributed by atoms with van der Waals surface area (Å²) >= 11 is 0. The van der Waals surface area contributed by atoms with Crippen LogP contribution in [-0.4, -0.2) is 19.6 Å². The minimum absolute atomic E-state index is 0.0493. The van der Waals surface area contributed by atoms with Gasteiger partial charge in [-0.25, -0.2) is 4.98 Å². The molecule has 6 aromatic carbocycles. The van der Waals surface area contributed by atoms with Crippen LogP contribution in [-0.2, 0) is 5.41 Å². The fourth-order valence-corrected chi connectivity index (χ4v) is 8.13. The van der Waals surface area contributed by atoms with Gasteiger partial charge in [-0.3, -0.25) is 9.55 Å². The van der Waals surface area contributed by atoms with E-state index in [1.165, 1.54) is 5.56 Å². The summed E-state index contributed by atoms with van der Waals surface area (Å²) in [5.74, 6) is 1.40. The molecule has 0 aliphatic rings. The van der Waals surface area contributed by atoms with Gasteiger partial charge in [0.25, 0.3) is 0 Å². The van der Waals surface area contributed by atoms with Crippen LogP contribution in [0, 0.1) is 6.85 Å². The Kier molecular flexibility index (Phi) is 9.85. The Hall–Kier alpha value is -6.26. The molecule has 0 saturated carbocycles. The van der Waals surface area contributed by atoms with E-state index in [2.05, 4.69) is 129 Å². The Morgan fingerprint density at radius 3 is 2.00 bits per heavy atom. The molecule has 4 heteroatoms. The average molecular weight is 791 g/mol. The predicted octanol–water partition coefficient (Wildman–Crippen LogP) is 15.4. The Morgan fingerprint density at radius 2 is 1.32 bits per heavy atom. The molecule has 0 bridgehead atoms. The highest BCUT2D eigenvalue weighted by Gasteiger charge is 2.25. The van der Waals surface area contributed by atoms with Crippen molar-refractivity contribution < 1.29 is 9.22 Å². The van der Waals surface area contributed by atoms with Crippen LogP contribution in [0.3, 0.4) is 0 Å². The van der Waals surface area contributed by atoms with Crippen molar-refractivity contribution >= 4 is 11.0 Å². The zero-order valence-electron chi connectivity index (χ0n) is 39.3. The van der Waals surface area contributed by atoms with Gasteiger partial charge in [-0.1, -0.05) is 147 Å². The third kappa shape index (κ3) is 7.79. The van der Waals surface area contributed by atoms with E-state index in [-0.39, 0.29) is 28.6 Å². The summed E-state index contributed by atoms with van der Waals surface area (Å²) in [5.41, 5.74) is 14.7. The number of aromatic hydroxyl groups is 1. The summed E-state index contributed by atoms with van der Waals surface area (Å²) in [7, 11) is 0. The van der Waals surface area contributed by atoms with Crippen molar-refractivity contribution in [3.63, 3.8) is 0 Å². The molecular formula is C56H57N3O. The predicted molar refractivity (Wildman–Crippen MR) is 253 cm³/mol. The number of phenols is 1. The molecule has 60 heavy (non-hydrogen) atoms. The molecular weight excluding hydrogens is 731 g/mol. The number of nitrogens with zero attached hydrogens (tertiary/aromatic N) is 3. The topological polar surface area (TPSA) is 50.9 Å². The van der Waals surface area contributed by atoms with Crippen LogP contribution in [0.5, 0.6) is 5.75 Å². The largest absolute Gasteiger partial charge is 0.507 e. The first-order valence-electron chi connectivity index (χ1n) is 22.7. The number of phenolic OH excluding ortho intramolecular Hbond substituents is 1. The lowest BCUT2D eigenvalue weighted by Gasteiger charge is -2.22. The number of imidazole rings is 1. The van der Waals surface area contributed by atoms with E-state index >= 15 is 0 Å². The van der Waals surface area contributed by atoms with E-state index < -0.39 is 6.85 Å². The van der Waals surface area contributed by atoms with Gasteiger partial charge in [0.05, 0.1) is 22.3 Å². The van der Waals surface area contributed by atoms with Crippen LogP contribution < -0.4 is 0 Å². The second-order valence-electron chi connectivity index (χ2n) is 18.1. The highest BCUT2D eigenvalue weighted by molar-refractivity contribution is 5.97. The van der Waals surface area contributed by atoms with Gasteiger partial charge in [0.1, 0.15) is 11.6 Å². The number of benzene rings is 6. The molecule has 302 valence electrons. The summed E-state index contributed by atoms with van der Waals surface area (Å²) < 4.78 is 28.1. The van der Waals surface area contributed by atoms with Crippen molar-refractivity contribution in [3.05, 3.63) is 167 Å². The number of para-hydroxylation sites is 1. The van der Waals surface area contributed by atoms with Gasteiger partial charge in [0.15, 0.2) is 0 Å². The molecule has 1 N–H and O–H groups in total. The summed E-state index contributed by atoms with van der Waals surface area (Å²) in [4.78, 5) is 10.4. The summed E-state index contributed by atoms with van der Waals surface area (Å²) in [6.07, 6.45) is 1.89. The molecule has 2 aromatic heterocycles. The molecule has 0 aliphatic heterocycles. The van der Waals surface area contributed by atoms with Gasteiger partial charge in [-0.2, -0.15) is 0 Å². The lowest BCUT2D eigenvalue weighted by atomic mass is 9.83. The van der Waals surface area contributed by atoms with Crippen LogP contribution in [0.15, 0.2) is 140 Å². The second-order valence-corrected chi connectivity index (χ2v) is 18.1. The number of fused-ring (bicyclic) bond motifs is 1. The minimum Gasteiger partial charge on any atom is -0.507 e. The molecule has 8 rings (SSSR count). The van der Waals surface area contributed by atoms with Gasteiger partial charge < -0.3 is 5.11 Å². The molecule has 0 fully saturated rings. The highest BCUT2D eigenvalue weighted by Crippen LogP contribution is 2.43. The van der Waals surface area contributed by atoms with Gasteiger partial charge in [0.2, 0.25) is 0 Å². The van der Waals surface area contributed by atoms with Crippen LogP contribution in [0.4, 0.5) is 0 Å². The average Bonchev–Trinajstić information content (AvgIpc) is 3.65. The van der Waals surface area contributed by atoms with Gasteiger partial charge >= 0.3 is 0 Å². The fourth-order valence-electron chi connectivity index (χ4n) is 8.13. The fraction of sp³-hybridized carbons (Fsp3) is 0.250. The number of hydrogen-bond donors (Lipinski definition) is 1. The smallest absolute Gasteiger partial charge is 0.149 e. The van der Waals surface area contributed by atoms with Crippen LogP contribution >= 0.6 is 0 Å². The Bertz CT molecular complexity index is 2950. The van der Waals surface area contributed by atoms with Crippen molar-refractivity contribution in [2.24, 2.45) is 0 Å². The maximum absolute atomic E-state index is 12.2. The van der Waals surface area contributed by atoms with Crippen LogP contribution in [0.2, 0.25) is 0 Å². The van der Waals surface area contributed by atoms with Crippen molar-refractivity contribution in [1.29, 1.82) is 0 Å². The summed E-state index contributed by atoms with van der Waals surface area (Å²) in [5, 5.41) is 12.2. The normalized spacial score (nSPS) is 13.0. The lowest BCUT2D eigenvalue weighted by Crippen LogP contribution is -2.11. The molecule has 0 atom stereocenters. The van der Waals surface area contributed by atoms with E-state index in [1.54, 1.807) is 6.07 Å². The molecule has 8 aromatic rings. The zero-order valence-corrected chi connectivity index (χ0v) is 36.3. The minimum atomic E-state index is -2.40. The first kappa shape index (κ1) is 36.8. The molecule has 0 amide bonds. The van der Waals surface area contributed by atoms with Crippen molar-refractivity contribution in [3.8, 4) is 67.5 Å². The van der Waals surface area contributed by atoms with Gasteiger partial charge in [-0.05, 0) is 134 Å². The third-order valence-corrected chi connectivity index (χ3v) is 11.8. The van der Waals surface area contributed by atoms with E-state index in [1.807, 2.05) is 71.4 Å². The zero-order chi connectivity index (χ0) is 45.0. The summed E-state index contributed by atoms with van der Waals surface area (Å²) in [6.45, 7) is 17.2. The maximum atomic E-state index is 12.2. The van der Waals surface area contributed by atoms with Crippen molar-refractivity contribution in [1.82, 2.24) is 14.5 Å². The van der Waals surface area contributed by atoms with Crippen LogP contribution in [0.25, 0.3) is 72.7 Å². The second kappa shape index (κ2) is 16.1. The molecule has 0 aliphatic carbocycles. The SMILES string of the molecule is [2H]C([2H])([2H])c1cc(-n2c(-c3cc(C(C)C)cc(C(C)C)c3O)nc3c(-c4cc(-c5cc(-c6ccc(C(C)C)cc6)ccn5)cc(C(C)(C)C)c4)cccc32)ccc1-c1ccccc1. The first-order valence-corrected chi connectivity index (χ1v) is 21.2. The molecule has 2 heterocycles. The third-order valence-electron chi connectivity index (χ3n) is 11.8. The first-order chi connectivity index (χ1) is 29.9. The highest BCUT2D eigenvalue weighted by atomic mass is 16.3.